The van der Waals surface area contributed by atoms with Crippen molar-refractivity contribution in [3.8, 4) is 11.5 Å². The third-order valence-corrected chi connectivity index (χ3v) is 4.19. The van der Waals surface area contributed by atoms with Crippen molar-refractivity contribution < 1.29 is 9.47 Å². The molecule has 0 aliphatic heterocycles. The number of methoxy groups -OCH3 is 1. The van der Waals surface area contributed by atoms with Crippen LogP contribution in [0.25, 0.3) is 0 Å². The Balaban J connectivity index is 2.12. The number of benzene rings is 2. The molecule has 0 bridgehead atoms. The van der Waals surface area contributed by atoms with E-state index in [-0.39, 0.29) is 0 Å². The van der Waals surface area contributed by atoms with Gasteiger partial charge in [-0.3, -0.25) is 0 Å². The fourth-order valence-electron chi connectivity index (χ4n) is 1.98. The van der Waals surface area contributed by atoms with Crippen LogP contribution < -0.4 is 15.2 Å². The second-order valence-corrected chi connectivity index (χ2v) is 6.28. The van der Waals surface area contributed by atoms with Crippen LogP contribution in [0.1, 0.15) is 11.1 Å². The van der Waals surface area contributed by atoms with E-state index in [9.17, 15) is 0 Å². The zero-order valence-corrected chi connectivity index (χ0v) is 14.9. The molecule has 0 spiro atoms. The molecule has 2 aromatic carbocycles. The van der Waals surface area contributed by atoms with Crippen molar-refractivity contribution in [1.82, 2.24) is 0 Å². The molecule has 0 saturated heterocycles. The Hall–Kier alpha value is -1.04. The summed E-state index contributed by atoms with van der Waals surface area (Å²) in [7, 11) is 1.66. The third kappa shape index (κ3) is 4.46. The Morgan fingerprint density at radius 1 is 1.05 bits per heavy atom. The number of rotatable bonds is 6. The maximum Gasteiger partial charge on any atom is 0.148 e. The molecule has 0 amide bonds. The highest BCUT2D eigenvalue weighted by Crippen LogP contribution is 2.35. The minimum absolute atomic E-state index is 0.477. The summed E-state index contributed by atoms with van der Waals surface area (Å²) in [6.07, 6.45) is 0.841. The van der Waals surface area contributed by atoms with Gasteiger partial charge in [0.1, 0.15) is 18.1 Å². The number of hydrogen-bond acceptors (Lipinski definition) is 3. The highest BCUT2D eigenvalue weighted by Gasteiger charge is 2.09. The van der Waals surface area contributed by atoms with Gasteiger partial charge >= 0.3 is 0 Å². The number of ether oxygens (including phenoxy) is 2. The average molecular weight is 415 g/mol. The Morgan fingerprint density at radius 2 is 1.76 bits per heavy atom. The molecular weight excluding hydrogens is 398 g/mol. The predicted molar refractivity (Wildman–Crippen MR) is 91.9 cm³/mol. The molecule has 3 nitrogen and oxygen atoms in total. The van der Waals surface area contributed by atoms with Crippen LogP contribution in [0.5, 0.6) is 11.5 Å². The highest BCUT2D eigenvalue weighted by molar-refractivity contribution is 9.11. The molecule has 0 fully saturated rings. The maximum absolute atomic E-state index is 5.91. The lowest BCUT2D eigenvalue weighted by molar-refractivity contribution is 0.301. The van der Waals surface area contributed by atoms with Crippen molar-refractivity contribution in [3.05, 3.63) is 56.5 Å². The van der Waals surface area contributed by atoms with Gasteiger partial charge in [0, 0.05) is 0 Å². The summed E-state index contributed by atoms with van der Waals surface area (Å²) in [4.78, 5) is 0. The molecule has 0 aliphatic rings. The van der Waals surface area contributed by atoms with Crippen LogP contribution in [0.2, 0.25) is 0 Å². The van der Waals surface area contributed by atoms with Gasteiger partial charge in [0.2, 0.25) is 0 Å². The zero-order valence-electron chi connectivity index (χ0n) is 11.7. The van der Waals surface area contributed by atoms with E-state index in [0.717, 1.165) is 32.4 Å². The molecule has 2 rings (SSSR count). The third-order valence-electron chi connectivity index (χ3n) is 3.01. The topological polar surface area (TPSA) is 44.5 Å². The van der Waals surface area contributed by atoms with Crippen molar-refractivity contribution >= 4 is 31.9 Å². The number of nitrogens with two attached hydrogens (primary N) is 1. The second-order valence-electron chi connectivity index (χ2n) is 4.57. The number of hydrogen-bond donors (Lipinski definition) is 1. The summed E-state index contributed by atoms with van der Waals surface area (Å²) < 4.78 is 13.0. The molecule has 0 radical (unpaired) electrons. The zero-order chi connectivity index (χ0) is 15.2. The van der Waals surface area contributed by atoms with E-state index in [1.54, 1.807) is 7.11 Å². The van der Waals surface area contributed by atoms with Crippen molar-refractivity contribution in [2.75, 3.05) is 13.7 Å². The lowest BCUT2D eigenvalue weighted by atomic mass is 10.1. The summed E-state index contributed by atoms with van der Waals surface area (Å²) in [5.41, 5.74) is 7.81. The SMILES string of the molecule is COc1cccc(COc2c(Br)cc(CCN)cc2Br)c1. The van der Waals surface area contributed by atoms with E-state index >= 15 is 0 Å². The summed E-state index contributed by atoms with van der Waals surface area (Å²) in [5, 5.41) is 0. The molecule has 0 unspecified atom stereocenters. The molecule has 0 aliphatic carbocycles. The first kappa shape index (κ1) is 16.3. The van der Waals surface area contributed by atoms with Crippen LogP contribution in [-0.4, -0.2) is 13.7 Å². The summed E-state index contributed by atoms with van der Waals surface area (Å²) in [6, 6.07) is 11.9. The lowest BCUT2D eigenvalue weighted by Crippen LogP contribution is -2.03. The van der Waals surface area contributed by atoms with Gasteiger partial charge in [-0.15, -0.1) is 0 Å². The Kier molecular flexibility index (Phi) is 6.08. The molecule has 112 valence electrons. The van der Waals surface area contributed by atoms with Crippen molar-refractivity contribution in [2.45, 2.75) is 13.0 Å². The van der Waals surface area contributed by atoms with Gasteiger partial charge < -0.3 is 15.2 Å². The van der Waals surface area contributed by atoms with E-state index in [0.29, 0.717) is 13.2 Å². The van der Waals surface area contributed by atoms with Crippen molar-refractivity contribution in [2.24, 2.45) is 5.73 Å². The van der Waals surface area contributed by atoms with Crippen LogP contribution in [0.4, 0.5) is 0 Å². The summed E-state index contributed by atoms with van der Waals surface area (Å²) in [5.74, 6) is 1.62. The number of halogens is 2. The molecule has 2 N–H and O–H groups in total. The summed E-state index contributed by atoms with van der Waals surface area (Å²) >= 11 is 7.10. The van der Waals surface area contributed by atoms with Crippen LogP contribution in [-0.2, 0) is 13.0 Å². The molecule has 0 heterocycles. The van der Waals surface area contributed by atoms with Gasteiger partial charge in [-0.25, -0.2) is 0 Å². The average Bonchev–Trinajstić information content (AvgIpc) is 2.47. The molecule has 5 heteroatoms. The van der Waals surface area contributed by atoms with Crippen LogP contribution in [0, 0.1) is 0 Å². The van der Waals surface area contributed by atoms with Crippen LogP contribution in [0.15, 0.2) is 45.3 Å². The first-order chi connectivity index (χ1) is 10.1. The minimum Gasteiger partial charge on any atom is -0.497 e. The standard InChI is InChI=1S/C16H17Br2NO2/c1-20-13-4-2-3-12(7-13)10-21-16-14(17)8-11(5-6-19)9-15(16)18/h2-4,7-9H,5-6,10,19H2,1H3. The van der Waals surface area contributed by atoms with Gasteiger partial charge in [-0.05, 0) is 80.2 Å². The Morgan fingerprint density at radius 3 is 2.38 bits per heavy atom. The molecule has 2 aromatic rings. The molecule has 0 aromatic heterocycles. The van der Waals surface area contributed by atoms with Crippen molar-refractivity contribution in [1.29, 1.82) is 0 Å². The molecular formula is C16H17Br2NO2. The second kappa shape index (κ2) is 7.82. The Labute approximate surface area is 141 Å². The molecule has 0 atom stereocenters. The van der Waals surface area contributed by atoms with Crippen LogP contribution >= 0.6 is 31.9 Å². The van der Waals surface area contributed by atoms with E-state index in [2.05, 4.69) is 31.9 Å². The summed E-state index contributed by atoms with van der Waals surface area (Å²) in [6.45, 7) is 1.10. The minimum atomic E-state index is 0.477. The van der Waals surface area contributed by atoms with Gasteiger partial charge in [0.25, 0.3) is 0 Å². The normalized spacial score (nSPS) is 10.5. The van der Waals surface area contributed by atoms with E-state index in [1.165, 1.54) is 5.56 Å². The van der Waals surface area contributed by atoms with Gasteiger partial charge in [-0.1, -0.05) is 12.1 Å². The Bertz CT molecular complexity index is 594. The smallest absolute Gasteiger partial charge is 0.148 e. The van der Waals surface area contributed by atoms with E-state index in [4.69, 9.17) is 15.2 Å². The molecule has 0 saturated carbocycles. The highest BCUT2D eigenvalue weighted by atomic mass is 79.9. The first-order valence-corrected chi connectivity index (χ1v) is 8.16. The molecule has 21 heavy (non-hydrogen) atoms. The predicted octanol–water partition coefficient (Wildman–Crippen LogP) is 4.30. The van der Waals surface area contributed by atoms with Gasteiger partial charge in [0.05, 0.1) is 16.1 Å². The fraction of sp³-hybridized carbons (Fsp3) is 0.250. The maximum atomic E-state index is 5.91. The van der Waals surface area contributed by atoms with Gasteiger partial charge in [-0.2, -0.15) is 0 Å². The van der Waals surface area contributed by atoms with E-state index in [1.807, 2.05) is 36.4 Å². The first-order valence-electron chi connectivity index (χ1n) is 6.57. The van der Waals surface area contributed by atoms with Crippen LogP contribution in [0.3, 0.4) is 0 Å². The monoisotopic (exact) mass is 413 g/mol. The van der Waals surface area contributed by atoms with Gasteiger partial charge in [0.15, 0.2) is 0 Å². The van der Waals surface area contributed by atoms with E-state index < -0.39 is 0 Å². The van der Waals surface area contributed by atoms with Crippen molar-refractivity contribution in [3.63, 3.8) is 0 Å². The lowest BCUT2D eigenvalue weighted by Gasteiger charge is -2.12. The fourth-order valence-corrected chi connectivity index (χ4v) is 3.49. The quantitative estimate of drug-likeness (QED) is 0.766. The largest absolute Gasteiger partial charge is 0.497 e.